The van der Waals surface area contributed by atoms with Crippen LogP contribution >= 0.6 is 0 Å². The molecule has 0 fully saturated rings. The van der Waals surface area contributed by atoms with Crippen LogP contribution in [-0.4, -0.2) is 61.0 Å². The molecule has 10 nitrogen and oxygen atoms in total. The predicted octanol–water partition coefficient (Wildman–Crippen LogP) is 5.86. The zero-order valence-corrected chi connectivity index (χ0v) is 24.5. The molecule has 2 N–H and O–H groups in total. The minimum Gasteiger partial charge on any atom is -0.497 e. The van der Waals surface area contributed by atoms with Crippen molar-refractivity contribution >= 4 is 23.4 Å². The Hall–Kier alpha value is -4.21. The van der Waals surface area contributed by atoms with Crippen LogP contribution in [0.15, 0.2) is 48.5 Å². The fraction of sp³-hybridized carbons (Fsp3) is 0.433. The summed E-state index contributed by atoms with van der Waals surface area (Å²) in [5.74, 6) is 2.01. The van der Waals surface area contributed by atoms with Crippen molar-refractivity contribution in [1.82, 2.24) is 14.7 Å². The molecule has 0 aliphatic heterocycles. The number of benzene rings is 2. The summed E-state index contributed by atoms with van der Waals surface area (Å²) in [6.45, 7) is 8.58. The van der Waals surface area contributed by atoms with Gasteiger partial charge >= 0.3 is 6.03 Å². The van der Waals surface area contributed by atoms with Crippen molar-refractivity contribution in [2.45, 2.75) is 52.4 Å². The van der Waals surface area contributed by atoms with Crippen molar-refractivity contribution in [2.75, 3.05) is 45.1 Å². The van der Waals surface area contributed by atoms with Crippen LogP contribution in [0, 0.1) is 0 Å². The monoisotopic (exact) mass is 551 g/mol. The van der Waals surface area contributed by atoms with Crippen molar-refractivity contribution in [1.29, 1.82) is 0 Å². The van der Waals surface area contributed by atoms with Gasteiger partial charge in [0.1, 0.15) is 29.6 Å². The van der Waals surface area contributed by atoms with Crippen LogP contribution < -0.4 is 24.8 Å². The van der Waals surface area contributed by atoms with Gasteiger partial charge in [-0.25, -0.2) is 9.48 Å². The Morgan fingerprint density at radius 3 is 2.05 bits per heavy atom. The van der Waals surface area contributed by atoms with Gasteiger partial charge in [0.25, 0.3) is 0 Å². The minimum atomic E-state index is -0.388. The Bertz CT molecular complexity index is 1260. The molecule has 3 rings (SSSR count). The summed E-state index contributed by atoms with van der Waals surface area (Å²) in [5.41, 5.74) is 1.87. The van der Waals surface area contributed by atoms with Crippen molar-refractivity contribution in [3.8, 4) is 22.9 Å². The third kappa shape index (κ3) is 8.14. The Kier molecular flexibility index (Phi) is 10.4. The average Bonchev–Trinajstić information content (AvgIpc) is 3.36. The topological polar surface area (TPSA) is 107 Å². The van der Waals surface area contributed by atoms with E-state index in [0.29, 0.717) is 29.5 Å². The smallest absolute Gasteiger partial charge is 0.322 e. The van der Waals surface area contributed by atoms with E-state index in [1.54, 1.807) is 44.2 Å². The molecule has 0 unspecified atom stereocenters. The Balaban J connectivity index is 1.82. The number of hydrogen-bond donors (Lipinski definition) is 2. The van der Waals surface area contributed by atoms with E-state index in [2.05, 4.69) is 38.3 Å². The highest BCUT2D eigenvalue weighted by atomic mass is 16.5. The van der Waals surface area contributed by atoms with Crippen LogP contribution in [0.1, 0.15) is 52.7 Å². The Morgan fingerprint density at radius 2 is 1.50 bits per heavy atom. The maximum atomic E-state index is 13.3. The van der Waals surface area contributed by atoms with Gasteiger partial charge in [-0.05, 0) is 30.7 Å². The first-order valence-corrected chi connectivity index (χ1v) is 13.4. The van der Waals surface area contributed by atoms with Crippen LogP contribution in [0.3, 0.4) is 0 Å². The van der Waals surface area contributed by atoms with E-state index in [9.17, 15) is 9.59 Å². The summed E-state index contributed by atoms with van der Waals surface area (Å²) in [7, 11) is 4.70. The molecule has 10 heteroatoms. The van der Waals surface area contributed by atoms with E-state index in [1.165, 1.54) is 4.90 Å². The van der Waals surface area contributed by atoms with E-state index >= 15 is 0 Å². The second-order valence-electron chi connectivity index (χ2n) is 10.5. The van der Waals surface area contributed by atoms with Crippen LogP contribution in [0.4, 0.5) is 16.3 Å². The third-order valence-electron chi connectivity index (χ3n) is 6.32. The molecule has 40 heavy (non-hydrogen) atoms. The fourth-order valence-corrected chi connectivity index (χ4v) is 4.00. The summed E-state index contributed by atoms with van der Waals surface area (Å²) in [6, 6.07) is 14.0. The maximum Gasteiger partial charge on any atom is 0.322 e. The first-order valence-electron chi connectivity index (χ1n) is 13.4. The highest BCUT2D eigenvalue weighted by molar-refractivity contribution is 5.97. The molecule has 0 saturated carbocycles. The molecule has 0 aliphatic carbocycles. The number of nitrogens with zero attached hydrogens (tertiary/aromatic N) is 3. The average molecular weight is 552 g/mol. The quantitative estimate of drug-likeness (QED) is 0.273. The van der Waals surface area contributed by atoms with E-state index in [-0.39, 0.29) is 23.9 Å². The zero-order valence-electron chi connectivity index (χ0n) is 24.5. The van der Waals surface area contributed by atoms with Crippen molar-refractivity contribution in [3.63, 3.8) is 0 Å². The maximum absolute atomic E-state index is 13.3. The number of urea groups is 1. The van der Waals surface area contributed by atoms with Gasteiger partial charge in [0.05, 0.1) is 32.7 Å². The molecule has 3 aromatic rings. The largest absolute Gasteiger partial charge is 0.497 e. The number of amides is 3. The predicted molar refractivity (Wildman–Crippen MR) is 157 cm³/mol. The molecule has 3 amide bonds. The van der Waals surface area contributed by atoms with Crippen LogP contribution in [0.2, 0.25) is 0 Å². The normalized spacial score (nSPS) is 11.1. The molecular weight excluding hydrogens is 510 g/mol. The van der Waals surface area contributed by atoms with Crippen LogP contribution in [0.5, 0.6) is 17.2 Å². The molecular formula is C30H41N5O5. The van der Waals surface area contributed by atoms with Crippen LogP contribution in [0.25, 0.3) is 5.69 Å². The number of methoxy groups -OCH3 is 3. The van der Waals surface area contributed by atoms with Gasteiger partial charge < -0.3 is 29.7 Å². The van der Waals surface area contributed by atoms with E-state index < -0.39 is 0 Å². The van der Waals surface area contributed by atoms with Crippen molar-refractivity contribution < 1.29 is 23.8 Å². The van der Waals surface area contributed by atoms with Crippen molar-refractivity contribution in [3.05, 3.63) is 54.2 Å². The lowest BCUT2D eigenvalue weighted by molar-refractivity contribution is -0.116. The number of unbranched alkanes of at least 4 members (excludes halogenated alkanes) is 2. The van der Waals surface area contributed by atoms with Crippen LogP contribution in [-0.2, 0) is 10.2 Å². The van der Waals surface area contributed by atoms with Gasteiger partial charge in [0.2, 0.25) is 5.91 Å². The standard InChI is InChI=1S/C30H41N5O5/c1-8-9-10-15-34(29(37)31-21-16-24(39-6)18-25(17-21)40-7)20-28(36)32-27-19-26(30(2,3)4)33-35(27)22-11-13-23(38-5)14-12-22/h11-14,16-19H,8-10,15,20H2,1-7H3,(H,31,37)(H,32,36). The van der Waals surface area contributed by atoms with Crippen molar-refractivity contribution in [2.24, 2.45) is 0 Å². The molecule has 0 bridgehead atoms. The number of hydrogen-bond acceptors (Lipinski definition) is 6. The molecule has 0 aliphatic rings. The molecule has 1 heterocycles. The SMILES string of the molecule is CCCCCN(CC(=O)Nc1cc(C(C)(C)C)nn1-c1ccc(OC)cc1)C(=O)Nc1cc(OC)cc(OC)c1. The number of aromatic nitrogens is 2. The zero-order chi connectivity index (χ0) is 29.3. The summed E-state index contributed by atoms with van der Waals surface area (Å²) in [5, 5.41) is 10.6. The number of ether oxygens (including phenoxy) is 3. The summed E-state index contributed by atoms with van der Waals surface area (Å²) in [4.78, 5) is 28.1. The summed E-state index contributed by atoms with van der Waals surface area (Å²) < 4.78 is 17.6. The molecule has 1 aromatic heterocycles. The molecule has 0 saturated heterocycles. The lowest BCUT2D eigenvalue weighted by atomic mass is 9.92. The van der Waals surface area contributed by atoms with E-state index in [0.717, 1.165) is 36.4 Å². The molecule has 0 atom stereocenters. The first-order chi connectivity index (χ1) is 19.1. The number of rotatable bonds is 12. The molecule has 216 valence electrons. The van der Waals surface area contributed by atoms with Gasteiger partial charge in [0.15, 0.2) is 0 Å². The number of anilines is 2. The highest BCUT2D eigenvalue weighted by Gasteiger charge is 2.23. The number of carbonyl (C=O) groups is 2. The van der Waals surface area contributed by atoms with E-state index in [4.69, 9.17) is 19.3 Å². The Labute approximate surface area is 236 Å². The summed E-state index contributed by atoms with van der Waals surface area (Å²) in [6.07, 6.45) is 2.71. The van der Waals surface area contributed by atoms with Gasteiger partial charge in [-0.1, -0.05) is 40.5 Å². The second-order valence-corrected chi connectivity index (χ2v) is 10.5. The molecule has 0 radical (unpaired) electrons. The van der Waals surface area contributed by atoms with Gasteiger partial charge in [-0.2, -0.15) is 5.10 Å². The molecule has 2 aromatic carbocycles. The third-order valence-corrected chi connectivity index (χ3v) is 6.32. The summed E-state index contributed by atoms with van der Waals surface area (Å²) >= 11 is 0. The first kappa shape index (κ1) is 30.3. The fourth-order valence-electron chi connectivity index (χ4n) is 4.00. The van der Waals surface area contributed by atoms with Gasteiger partial charge in [-0.3, -0.25) is 4.79 Å². The second kappa shape index (κ2) is 13.7. The minimum absolute atomic E-state index is 0.130. The van der Waals surface area contributed by atoms with Gasteiger partial charge in [-0.15, -0.1) is 0 Å². The highest BCUT2D eigenvalue weighted by Crippen LogP contribution is 2.28. The lowest BCUT2D eigenvalue weighted by Gasteiger charge is -2.23. The van der Waals surface area contributed by atoms with E-state index in [1.807, 2.05) is 30.3 Å². The lowest BCUT2D eigenvalue weighted by Crippen LogP contribution is -2.41. The number of nitrogens with one attached hydrogen (secondary N) is 2. The van der Waals surface area contributed by atoms with Gasteiger partial charge in [0, 0.05) is 41.9 Å². The number of carbonyl (C=O) groups excluding carboxylic acids is 2. The molecule has 0 spiro atoms. The Morgan fingerprint density at radius 1 is 0.875 bits per heavy atom.